The molecule has 0 aliphatic heterocycles. The molecule has 0 heterocycles. The zero-order valence-corrected chi connectivity index (χ0v) is 23.5. The van der Waals surface area contributed by atoms with Crippen LogP contribution in [0.1, 0.15) is 104 Å². The third-order valence-electron chi connectivity index (χ3n) is 4.93. The number of phosphoric ester groups is 1. The van der Waals surface area contributed by atoms with E-state index < -0.39 is 26.5 Å². The van der Waals surface area contributed by atoms with Crippen LogP contribution in [-0.2, 0) is 23.1 Å². The Kier molecular flexibility index (Phi) is 24.8. The standard InChI is InChI=1S/C23H45O7P.Na/c1-4-5-6-7-8-9-10-11-12-13-14-15-16-17-18-29-31(26,27)30-20-22(24)19-28-23(25)21(2)3;/h22,24H,2,4-20H2,1,3H3,(H,26,27);/q;+1/p-1. The van der Waals surface area contributed by atoms with Gasteiger partial charge in [0.15, 0.2) is 0 Å². The summed E-state index contributed by atoms with van der Waals surface area (Å²) in [5.74, 6) is -0.654. The van der Waals surface area contributed by atoms with Crippen LogP contribution >= 0.6 is 7.82 Å². The number of carbonyl (C=O) groups excluding carboxylic acids is 1. The number of rotatable bonds is 22. The predicted octanol–water partition coefficient (Wildman–Crippen LogP) is 2.45. The van der Waals surface area contributed by atoms with Crippen LogP contribution in [0.4, 0.5) is 0 Å². The molecule has 1 N–H and O–H groups in total. The first-order valence-electron chi connectivity index (χ1n) is 11.9. The number of phosphoric acid groups is 1. The minimum Gasteiger partial charge on any atom is -0.756 e. The van der Waals surface area contributed by atoms with Crippen LogP contribution in [-0.4, -0.2) is 37.0 Å². The first-order chi connectivity index (χ1) is 14.8. The van der Waals surface area contributed by atoms with Gasteiger partial charge < -0.3 is 23.8 Å². The molecule has 0 amide bonds. The number of carbonyl (C=O) groups is 1. The van der Waals surface area contributed by atoms with Gasteiger partial charge in [-0.3, -0.25) is 4.57 Å². The van der Waals surface area contributed by atoms with Crippen LogP contribution in [0.25, 0.3) is 0 Å². The molecule has 0 aliphatic rings. The van der Waals surface area contributed by atoms with Crippen LogP contribution in [0.15, 0.2) is 12.2 Å². The molecule has 0 aromatic carbocycles. The van der Waals surface area contributed by atoms with Crippen molar-refractivity contribution in [2.24, 2.45) is 0 Å². The van der Waals surface area contributed by atoms with Crippen molar-refractivity contribution >= 4 is 13.8 Å². The fourth-order valence-electron chi connectivity index (χ4n) is 3.03. The molecule has 0 aromatic heterocycles. The zero-order chi connectivity index (χ0) is 23.4. The van der Waals surface area contributed by atoms with Crippen LogP contribution in [0, 0.1) is 0 Å². The van der Waals surface area contributed by atoms with Crippen LogP contribution in [0.2, 0.25) is 0 Å². The molecular weight excluding hydrogens is 442 g/mol. The molecule has 0 bridgehead atoms. The predicted molar refractivity (Wildman–Crippen MR) is 122 cm³/mol. The van der Waals surface area contributed by atoms with Crippen LogP contribution in [0.5, 0.6) is 0 Å². The van der Waals surface area contributed by atoms with E-state index in [0.29, 0.717) is 6.42 Å². The van der Waals surface area contributed by atoms with Gasteiger partial charge in [0.2, 0.25) is 0 Å². The van der Waals surface area contributed by atoms with Gasteiger partial charge in [-0.2, -0.15) is 0 Å². The maximum absolute atomic E-state index is 11.7. The van der Waals surface area contributed by atoms with E-state index in [9.17, 15) is 19.4 Å². The SMILES string of the molecule is C=C(C)C(=O)OCC(O)COP(=O)([O-])OCCCCCCCCCCCCCCCC.[Na+]. The Bertz CT molecular complexity index is 517. The van der Waals surface area contributed by atoms with Crippen molar-refractivity contribution in [3.8, 4) is 0 Å². The monoisotopic (exact) mass is 486 g/mol. The van der Waals surface area contributed by atoms with Gasteiger partial charge in [-0.05, 0) is 13.3 Å². The van der Waals surface area contributed by atoms with Gasteiger partial charge in [0.05, 0.1) is 13.2 Å². The van der Waals surface area contributed by atoms with Gasteiger partial charge in [-0.25, -0.2) is 4.79 Å². The Balaban J connectivity index is 0. The van der Waals surface area contributed by atoms with Gasteiger partial charge in [-0.15, -0.1) is 0 Å². The minimum atomic E-state index is -4.47. The van der Waals surface area contributed by atoms with Gasteiger partial charge in [-0.1, -0.05) is 97.0 Å². The summed E-state index contributed by atoms with van der Waals surface area (Å²) in [6.07, 6.45) is 15.8. The summed E-state index contributed by atoms with van der Waals surface area (Å²) < 4.78 is 25.8. The molecule has 0 saturated heterocycles. The molecule has 184 valence electrons. The van der Waals surface area contributed by atoms with Crippen molar-refractivity contribution in [1.29, 1.82) is 0 Å². The van der Waals surface area contributed by atoms with Crippen LogP contribution in [0.3, 0.4) is 0 Å². The number of esters is 1. The van der Waals surface area contributed by atoms with Gasteiger partial charge in [0.25, 0.3) is 7.82 Å². The second kappa shape index (κ2) is 23.0. The zero-order valence-electron chi connectivity index (χ0n) is 20.6. The third kappa shape index (κ3) is 23.4. The maximum Gasteiger partial charge on any atom is 1.00 e. The second-order valence-corrected chi connectivity index (χ2v) is 9.62. The fourth-order valence-corrected chi connectivity index (χ4v) is 3.81. The van der Waals surface area contributed by atoms with Crippen molar-refractivity contribution in [2.75, 3.05) is 19.8 Å². The van der Waals surface area contributed by atoms with Crippen molar-refractivity contribution in [2.45, 2.75) is 110 Å². The average molecular weight is 487 g/mol. The van der Waals surface area contributed by atoms with E-state index >= 15 is 0 Å². The summed E-state index contributed by atoms with van der Waals surface area (Å²) in [5, 5.41) is 9.60. The minimum absolute atomic E-state index is 0. The third-order valence-corrected chi connectivity index (χ3v) is 5.89. The summed E-state index contributed by atoms with van der Waals surface area (Å²) in [6.45, 7) is 6.30. The van der Waals surface area contributed by atoms with Gasteiger partial charge >= 0.3 is 35.5 Å². The normalized spacial score (nSPS) is 13.8. The van der Waals surface area contributed by atoms with E-state index in [0.717, 1.165) is 19.3 Å². The van der Waals surface area contributed by atoms with Gasteiger partial charge in [0, 0.05) is 5.57 Å². The smallest absolute Gasteiger partial charge is 0.756 e. The average Bonchev–Trinajstić information content (AvgIpc) is 2.73. The molecular formula is C23H44NaO7P. The van der Waals surface area contributed by atoms with E-state index in [1.165, 1.54) is 71.1 Å². The van der Waals surface area contributed by atoms with E-state index in [4.69, 9.17) is 9.26 Å². The van der Waals surface area contributed by atoms with Gasteiger partial charge in [0.1, 0.15) is 12.7 Å². The molecule has 32 heavy (non-hydrogen) atoms. The van der Waals surface area contributed by atoms with E-state index in [-0.39, 0.29) is 48.3 Å². The molecule has 9 heteroatoms. The number of aliphatic hydroxyl groups is 1. The quantitative estimate of drug-likeness (QED) is 0.0824. The number of hydrogen-bond acceptors (Lipinski definition) is 7. The molecule has 2 unspecified atom stereocenters. The Labute approximate surface area is 217 Å². The fraction of sp³-hybridized carbons (Fsp3) is 0.870. The number of hydrogen-bond donors (Lipinski definition) is 1. The first kappa shape index (κ1) is 34.4. The topological polar surface area (TPSA) is 105 Å². The molecule has 0 radical (unpaired) electrons. The van der Waals surface area contributed by atoms with E-state index in [1.54, 1.807) is 0 Å². The van der Waals surface area contributed by atoms with E-state index in [2.05, 4.69) is 18.0 Å². The summed E-state index contributed by atoms with van der Waals surface area (Å²) >= 11 is 0. The van der Waals surface area contributed by atoms with Crippen molar-refractivity contribution in [3.05, 3.63) is 12.2 Å². The Morgan fingerprint density at radius 1 is 0.875 bits per heavy atom. The molecule has 2 atom stereocenters. The number of ether oxygens (including phenoxy) is 1. The summed E-state index contributed by atoms with van der Waals surface area (Å²) in [7, 11) is -4.47. The molecule has 0 rings (SSSR count). The summed E-state index contributed by atoms with van der Waals surface area (Å²) in [6, 6.07) is 0. The Morgan fingerprint density at radius 3 is 1.75 bits per heavy atom. The maximum atomic E-state index is 11.7. The number of unbranched alkanes of at least 4 members (excludes halogenated alkanes) is 13. The molecule has 0 aromatic rings. The summed E-state index contributed by atoms with van der Waals surface area (Å²) in [4.78, 5) is 22.9. The van der Waals surface area contributed by atoms with Crippen molar-refractivity contribution in [3.63, 3.8) is 0 Å². The first-order valence-corrected chi connectivity index (χ1v) is 13.4. The molecule has 0 aliphatic carbocycles. The molecule has 0 saturated carbocycles. The largest absolute Gasteiger partial charge is 1.00 e. The Hall–Kier alpha value is 0.280. The van der Waals surface area contributed by atoms with Crippen LogP contribution < -0.4 is 34.5 Å². The number of aliphatic hydroxyl groups excluding tert-OH is 1. The van der Waals surface area contributed by atoms with E-state index in [1.807, 2.05) is 0 Å². The molecule has 0 spiro atoms. The second-order valence-electron chi connectivity index (χ2n) is 8.21. The molecule has 7 nitrogen and oxygen atoms in total. The van der Waals surface area contributed by atoms with Crippen molar-refractivity contribution in [1.82, 2.24) is 0 Å². The van der Waals surface area contributed by atoms with Crippen molar-refractivity contribution < 1.29 is 62.7 Å². The summed E-state index contributed by atoms with van der Waals surface area (Å²) in [5.41, 5.74) is 0.194. The molecule has 0 fully saturated rings. The Morgan fingerprint density at radius 2 is 1.31 bits per heavy atom.